The summed E-state index contributed by atoms with van der Waals surface area (Å²) in [6, 6.07) is 14.6. The minimum atomic E-state index is -0.169. The van der Waals surface area contributed by atoms with Crippen molar-refractivity contribution >= 4 is 5.91 Å². The number of rotatable bonds is 5. The van der Waals surface area contributed by atoms with E-state index in [1.54, 1.807) is 17.9 Å². The van der Waals surface area contributed by atoms with Crippen LogP contribution in [0.25, 0.3) is 11.1 Å². The second-order valence-corrected chi connectivity index (χ2v) is 7.18. The number of nitrogens with one attached hydrogen (secondary N) is 1. The second kappa shape index (κ2) is 7.48. The maximum absolute atomic E-state index is 12.5. The van der Waals surface area contributed by atoms with E-state index in [2.05, 4.69) is 41.6 Å². The summed E-state index contributed by atoms with van der Waals surface area (Å²) in [4.78, 5) is 12.5. The lowest BCUT2D eigenvalue weighted by Crippen LogP contribution is -2.26. The Balaban J connectivity index is 1.43. The Morgan fingerprint density at radius 2 is 2.00 bits per heavy atom. The van der Waals surface area contributed by atoms with Gasteiger partial charge >= 0.3 is 0 Å². The van der Waals surface area contributed by atoms with Crippen LogP contribution in [0.3, 0.4) is 0 Å². The summed E-state index contributed by atoms with van der Waals surface area (Å²) in [5.41, 5.74) is 11.5. The van der Waals surface area contributed by atoms with Crippen LogP contribution in [0.4, 0.5) is 0 Å². The van der Waals surface area contributed by atoms with Gasteiger partial charge in [0.2, 0.25) is 0 Å². The number of aryl methyl sites for hydroxylation is 1. The molecular formula is C22H24N4O2. The topological polar surface area (TPSA) is 82.2 Å². The quantitative estimate of drug-likeness (QED) is 0.717. The van der Waals surface area contributed by atoms with Crippen molar-refractivity contribution in [3.05, 3.63) is 71.0 Å². The highest BCUT2D eigenvalue weighted by Gasteiger charge is 2.19. The first kappa shape index (κ1) is 18.3. The molecule has 1 amide bonds. The Labute approximate surface area is 164 Å². The molecule has 0 aliphatic carbocycles. The fraction of sp³-hybridized carbons (Fsp3) is 0.273. The number of fused-ring (bicyclic) bond motifs is 1. The summed E-state index contributed by atoms with van der Waals surface area (Å²) in [7, 11) is 1.74. The molecule has 0 saturated carbocycles. The zero-order chi connectivity index (χ0) is 19.7. The number of ether oxygens (including phenoxy) is 1. The van der Waals surface area contributed by atoms with Crippen LogP contribution in [-0.2, 0) is 26.6 Å². The smallest absolute Gasteiger partial charge is 0.270 e. The SMILES string of the molecule is CC1Cc2cc(-c3ccc(CNC(=O)c4c(CN)cnn4C)cc3)ccc2O1. The van der Waals surface area contributed by atoms with Crippen molar-refractivity contribution in [2.45, 2.75) is 32.5 Å². The van der Waals surface area contributed by atoms with Crippen LogP contribution in [0.15, 0.2) is 48.7 Å². The first-order valence-electron chi connectivity index (χ1n) is 9.43. The highest BCUT2D eigenvalue weighted by Crippen LogP contribution is 2.32. The Morgan fingerprint density at radius 1 is 1.25 bits per heavy atom. The Kier molecular flexibility index (Phi) is 4.88. The lowest BCUT2D eigenvalue weighted by molar-refractivity contribution is 0.0940. The molecule has 1 aromatic heterocycles. The van der Waals surface area contributed by atoms with Crippen LogP contribution in [0.1, 0.15) is 34.1 Å². The van der Waals surface area contributed by atoms with Crippen LogP contribution < -0.4 is 15.8 Å². The molecule has 1 atom stereocenters. The summed E-state index contributed by atoms with van der Waals surface area (Å²) < 4.78 is 7.33. The van der Waals surface area contributed by atoms with Crippen molar-refractivity contribution in [3.63, 3.8) is 0 Å². The molecule has 3 aromatic rings. The largest absolute Gasteiger partial charge is 0.490 e. The number of nitrogens with zero attached hydrogens (tertiary/aromatic N) is 2. The minimum absolute atomic E-state index is 0.169. The lowest BCUT2D eigenvalue weighted by Gasteiger charge is -2.09. The van der Waals surface area contributed by atoms with Crippen LogP contribution in [-0.4, -0.2) is 21.8 Å². The number of aromatic nitrogens is 2. The predicted molar refractivity (Wildman–Crippen MR) is 108 cm³/mol. The molecule has 1 aliphatic heterocycles. The highest BCUT2D eigenvalue weighted by molar-refractivity contribution is 5.93. The fourth-order valence-electron chi connectivity index (χ4n) is 3.61. The molecule has 0 fully saturated rings. The van der Waals surface area contributed by atoms with Crippen LogP contribution in [0.5, 0.6) is 5.75 Å². The molecule has 4 rings (SSSR count). The van der Waals surface area contributed by atoms with Crippen molar-refractivity contribution < 1.29 is 9.53 Å². The fourth-order valence-corrected chi connectivity index (χ4v) is 3.61. The molecule has 0 bridgehead atoms. The number of nitrogens with two attached hydrogens (primary N) is 1. The van der Waals surface area contributed by atoms with E-state index in [0.717, 1.165) is 28.9 Å². The van der Waals surface area contributed by atoms with Gasteiger partial charge < -0.3 is 15.8 Å². The molecule has 0 radical (unpaired) electrons. The van der Waals surface area contributed by atoms with E-state index in [4.69, 9.17) is 10.5 Å². The Bertz CT molecular complexity index is 1010. The number of hydrogen-bond acceptors (Lipinski definition) is 4. The zero-order valence-electron chi connectivity index (χ0n) is 16.1. The van der Waals surface area contributed by atoms with Crippen molar-refractivity contribution in [3.8, 4) is 16.9 Å². The monoisotopic (exact) mass is 376 g/mol. The molecule has 0 spiro atoms. The van der Waals surface area contributed by atoms with E-state index < -0.39 is 0 Å². The van der Waals surface area contributed by atoms with E-state index in [0.29, 0.717) is 12.2 Å². The highest BCUT2D eigenvalue weighted by atomic mass is 16.5. The third-order valence-corrected chi connectivity index (χ3v) is 5.09. The average molecular weight is 376 g/mol. The van der Waals surface area contributed by atoms with Crippen LogP contribution in [0.2, 0.25) is 0 Å². The van der Waals surface area contributed by atoms with Crippen molar-refractivity contribution in [2.75, 3.05) is 0 Å². The van der Waals surface area contributed by atoms with Crippen LogP contribution >= 0.6 is 0 Å². The summed E-state index contributed by atoms with van der Waals surface area (Å²) >= 11 is 0. The number of carbonyl (C=O) groups excluding carboxylic acids is 1. The molecular weight excluding hydrogens is 352 g/mol. The summed E-state index contributed by atoms with van der Waals surface area (Å²) in [5.74, 6) is 0.819. The molecule has 2 heterocycles. The summed E-state index contributed by atoms with van der Waals surface area (Å²) in [6.07, 6.45) is 2.83. The van der Waals surface area contributed by atoms with Gasteiger partial charge in [0.25, 0.3) is 5.91 Å². The van der Waals surface area contributed by atoms with E-state index in [9.17, 15) is 4.79 Å². The summed E-state index contributed by atoms with van der Waals surface area (Å²) in [5, 5.41) is 7.05. The van der Waals surface area contributed by atoms with Gasteiger partial charge in [-0.05, 0) is 41.3 Å². The van der Waals surface area contributed by atoms with E-state index in [1.165, 1.54) is 11.1 Å². The average Bonchev–Trinajstić information content (AvgIpc) is 3.27. The molecule has 3 N–H and O–H groups in total. The molecule has 0 saturated heterocycles. The molecule has 2 aromatic carbocycles. The molecule has 28 heavy (non-hydrogen) atoms. The molecule has 6 heteroatoms. The van der Waals surface area contributed by atoms with Crippen molar-refractivity contribution in [1.82, 2.24) is 15.1 Å². The molecule has 1 unspecified atom stereocenters. The number of hydrogen-bond donors (Lipinski definition) is 2. The first-order valence-corrected chi connectivity index (χ1v) is 9.43. The number of carbonyl (C=O) groups is 1. The first-order chi connectivity index (χ1) is 13.5. The van der Waals surface area contributed by atoms with Gasteiger partial charge in [-0.1, -0.05) is 30.3 Å². The maximum atomic E-state index is 12.5. The van der Waals surface area contributed by atoms with E-state index >= 15 is 0 Å². The molecule has 6 nitrogen and oxygen atoms in total. The van der Waals surface area contributed by atoms with E-state index in [-0.39, 0.29) is 18.6 Å². The maximum Gasteiger partial charge on any atom is 0.270 e. The Hall–Kier alpha value is -3.12. The zero-order valence-corrected chi connectivity index (χ0v) is 16.1. The normalized spacial score (nSPS) is 15.2. The van der Waals surface area contributed by atoms with Gasteiger partial charge in [0.15, 0.2) is 0 Å². The van der Waals surface area contributed by atoms with Crippen molar-refractivity contribution in [2.24, 2.45) is 12.8 Å². The van der Waals surface area contributed by atoms with Crippen LogP contribution in [0, 0.1) is 0 Å². The lowest BCUT2D eigenvalue weighted by atomic mass is 10.00. The standard InChI is InChI=1S/C22H24N4O2/c1-14-9-18-10-17(7-8-20(18)28-14)16-5-3-15(4-6-16)12-24-22(27)21-19(11-23)13-25-26(21)2/h3-8,10,13-14H,9,11-12,23H2,1-2H3,(H,24,27). The number of amides is 1. The van der Waals surface area contributed by atoms with Gasteiger partial charge in [0.05, 0.1) is 6.20 Å². The minimum Gasteiger partial charge on any atom is -0.490 e. The van der Waals surface area contributed by atoms with Gasteiger partial charge in [0.1, 0.15) is 17.5 Å². The Morgan fingerprint density at radius 3 is 2.75 bits per heavy atom. The summed E-state index contributed by atoms with van der Waals surface area (Å²) in [6.45, 7) is 2.82. The number of benzene rings is 2. The second-order valence-electron chi connectivity index (χ2n) is 7.18. The van der Waals surface area contributed by atoms with Gasteiger partial charge in [-0.3, -0.25) is 9.48 Å². The van der Waals surface area contributed by atoms with Gasteiger partial charge in [0, 0.05) is 32.1 Å². The van der Waals surface area contributed by atoms with Gasteiger partial charge in [-0.25, -0.2) is 0 Å². The van der Waals surface area contributed by atoms with Crippen molar-refractivity contribution in [1.29, 1.82) is 0 Å². The molecule has 1 aliphatic rings. The third-order valence-electron chi connectivity index (χ3n) is 5.09. The third kappa shape index (κ3) is 3.51. The van der Waals surface area contributed by atoms with Gasteiger partial charge in [-0.2, -0.15) is 5.10 Å². The predicted octanol–water partition coefficient (Wildman–Crippen LogP) is 2.80. The van der Waals surface area contributed by atoms with E-state index in [1.807, 2.05) is 18.2 Å². The molecule has 144 valence electrons. The van der Waals surface area contributed by atoms with Gasteiger partial charge in [-0.15, -0.1) is 0 Å².